The lowest BCUT2D eigenvalue weighted by atomic mass is 10.1. The van der Waals surface area contributed by atoms with Crippen molar-refractivity contribution in [2.75, 3.05) is 0 Å². The van der Waals surface area contributed by atoms with Crippen LogP contribution in [0.4, 0.5) is 0 Å². The molecule has 1 N–H and O–H groups in total. The Labute approximate surface area is 95.9 Å². The molecule has 2 aromatic rings. The van der Waals surface area contributed by atoms with E-state index in [4.69, 9.17) is 0 Å². The summed E-state index contributed by atoms with van der Waals surface area (Å²) in [6, 6.07) is 7.72. The molecule has 78 valence electrons. The second-order valence-electron chi connectivity index (χ2n) is 3.46. The van der Waals surface area contributed by atoms with Crippen LogP contribution in [0, 0.1) is 6.92 Å². The Hall–Kier alpha value is -1.29. The average Bonchev–Trinajstić information content (AvgIpc) is 2.43. The summed E-state index contributed by atoms with van der Waals surface area (Å²) in [6.45, 7) is 1.90. The van der Waals surface area contributed by atoms with E-state index in [1.54, 1.807) is 7.05 Å². The highest BCUT2D eigenvalue weighted by Gasteiger charge is 2.13. The molecule has 0 aliphatic heterocycles. The number of H-pyrrole nitrogens is 1. The number of aryl methyl sites for hydroxylation is 2. The highest BCUT2D eigenvalue weighted by Crippen LogP contribution is 2.26. The van der Waals surface area contributed by atoms with Gasteiger partial charge in [-0.15, -0.1) is 0 Å². The highest BCUT2D eigenvalue weighted by atomic mass is 79.9. The van der Waals surface area contributed by atoms with Crippen LogP contribution >= 0.6 is 15.9 Å². The third-order valence-electron chi connectivity index (χ3n) is 2.37. The maximum atomic E-state index is 11.9. The second-order valence-corrected chi connectivity index (χ2v) is 4.31. The van der Waals surface area contributed by atoms with E-state index in [1.165, 1.54) is 4.68 Å². The molecule has 0 amide bonds. The summed E-state index contributed by atoms with van der Waals surface area (Å²) < 4.78 is 2.43. The number of hydrogen-bond donors (Lipinski definition) is 1. The standard InChI is InChI=1S/C11H11BrN2O/c1-7-10(11(15)14(2)13-7)8-5-3-4-6-9(8)12/h3-6,13H,1-2H3. The number of aromatic nitrogens is 2. The van der Waals surface area contributed by atoms with E-state index >= 15 is 0 Å². The van der Waals surface area contributed by atoms with Gasteiger partial charge in [-0.05, 0) is 13.0 Å². The number of nitrogens with one attached hydrogen (secondary N) is 1. The third kappa shape index (κ3) is 1.65. The first-order chi connectivity index (χ1) is 7.11. The Morgan fingerprint density at radius 1 is 1.33 bits per heavy atom. The van der Waals surface area contributed by atoms with Crippen molar-refractivity contribution in [3.05, 3.63) is 44.8 Å². The minimum Gasteiger partial charge on any atom is -0.300 e. The van der Waals surface area contributed by atoms with Crippen molar-refractivity contribution in [3.8, 4) is 11.1 Å². The fourth-order valence-electron chi connectivity index (χ4n) is 1.67. The SMILES string of the molecule is Cc1[nH]n(C)c(=O)c1-c1ccccc1Br. The number of halogens is 1. The summed E-state index contributed by atoms with van der Waals surface area (Å²) in [5, 5.41) is 2.98. The van der Waals surface area contributed by atoms with Crippen LogP contribution in [0.5, 0.6) is 0 Å². The van der Waals surface area contributed by atoms with E-state index in [0.29, 0.717) is 0 Å². The van der Waals surface area contributed by atoms with Gasteiger partial charge in [0.25, 0.3) is 5.56 Å². The van der Waals surface area contributed by atoms with Crippen LogP contribution in [0.15, 0.2) is 33.5 Å². The smallest absolute Gasteiger partial charge is 0.274 e. The lowest BCUT2D eigenvalue weighted by Gasteiger charge is -2.00. The van der Waals surface area contributed by atoms with Gasteiger partial charge in [0.1, 0.15) is 0 Å². The molecule has 3 nitrogen and oxygen atoms in total. The zero-order chi connectivity index (χ0) is 11.0. The van der Waals surface area contributed by atoms with Crippen LogP contribution in [0.1, 0.15) is 5.69 Å². The van der Waals surface area contributed by atoms with Crippen LogP contribution in [0.3, 0.4) is 0 Å². The first kappa shape index (κ1) is 10.2. The van der Waals surface area contributed by atoms with Crippen LogP contribution in [-0.4, -0.2) is 9.78 Å². The van der Waals surface area contributed by atoms with Crippen molar-refractivity contribution >= 4 is 15.9 Å². The van der Waals surface area contributed by atoms with Crippen LogP contribution in [0.2, 0.25) is 0 Å². The summed E-state index contributed by atoms with van der Waals surface area (Å²) in [7, 11) is 1.72. The molecule has 15 heavy (non-hydrogen) atoms. The molecule has 1 aromatic heterocycles. The molecule has 0 atom stereocenters. The highest BCUT2D eigenvalue weighted by molar-refractivity contribution is 9.10. The fraction of sp³-hybridized carbons (Fsp3) is 0.182. The van der Waals surface area contributed by atoms with Gasteiger partial charge in [0, 0.05) is 22.8 Å². The maximum absolute atomic E-state index is 11.9. The molecule has 0 radical (unpaired) electrons. The summed E-state index contributed by atoms with van der Waals surface area (Å²) in [4.78, 5) is 11.9. The van der Waals surface area contributed by atoms with Gasteiger partial charge in [-0.3, -0.25) is 14.6 Å². The van der Waals surface area contributed by atoms with Gasteiger partial charge in [-0.25, -0.2) is 0 Å². The first-order valence-electron chi connectivity index (χ1n) is 4.61. The zero-order valence-corrected chi connectivity index (χ0v) is 10.1. The Bertz CT molecular complexity index is 554. The molecule has 0 unspecified atom stereocenters. The lowest BCUT2D eigenvalue weighted by Crippen LogP contribution is -2.13. The van der Waals surface area contributed by atoms with E-state index in [0.717, 1.165) is 21.3 Å². The minimum absolute atomic E-state index is 0.000556. The normalized spacial score (nSPS) is 10.6. The molecule has 2 rings (SSSR count). The van der Waals surface area contributed by atoms with Crippen molar-refractivity contribution < 1.29 is 0 Å². The van der Waals surface area contributed by atoms with Crippen molar-refractivity contribution in [1.82, 2.24) is 9.78 Å². The lowest BCUT2D eigenvalue weighted by molar-refractivity contribution is 0.731. The number of benzene rings is 1. The predicted molar refractivity (Wildman–Crippen MR) is 63.9 cm³/mol. The number of nitrogens with zero attached hydrogens (tertiary/aromatic N) is 1. The monoisotopic (exact) mass is 266 g/mol. The molecule has 4 heteroatoms. The van der Waals surface area contributed by atoms with Gasteiger partial charge in [0.05, 0.1) is 5.56 Å². The van der Waals surface area contributed by atoms with Gasteiger partial charge in [-0.1, -0.05) is 34.1 Å². The summed E-state index contributed by atoms with van der Waals surface area (Å²) >= 11 is 3.45. The number of aromatic amines is 1. The van der Waals surface area contributed by atoms with Gasteiger partial charge in [0.2, 0.25) is 0 Å². The molecule has 0 spiro atoms. The Morgan fingerprint density at radius 2 is 2.00 bits per heavy atom. The molecule has 0 fully saturated rings. The van der Waals surface area contributed by atoms with Crippen molar-refractivity contribution in [2.45, 2.75) is 6.92 Å². The average molecular weight is 267 g/mol. The van der Waals surface area contributed by atoms with Crippen LogP contribution in [-0.2, 0) is 7.05 Å². The van der Waals surface area contributed by atoms with E-state index in [1.807, 2.05) is 31.2 Å². The summed E-state index contributed by atoms with van der Waals surface area (Å²) in [5.41, 5.74) is 2.54. The zero-order valence-electron chi connectivity index (χ0n) is 8.54. The van der Waals surface area contributed by atoms with Gasteiger partial charge < -0.3 is 0 Å². The largest absolute Gasteiger partial charge is 0.300 e. The minimum atomic E-state index is -0.000556. The van der Waals surface area contributed by atoms with Crippen molar-refractivity contribution in [1.29, 1.82) is 0 Å². The quantitative estimate of drug-likeness (QED) is 0.846. The fourth-order valence-corrected chi connectivity index (χ4v) is 2.15. The molecular weight excluding hydrogens is 256 g/mol. The molecule has 0 saturated heterocycles. The molecule has 0 aliphatic rings. The molecule has 0 aliphatic carbocycles. The topological polar surface area (TPSA) is 37.8 Å². The van der Waals surface area contributed by atoms with Gasteiger partial charge in [-0.2, -0.15) is 0 Å². The Morgan fingerprint density at radius 3 is 2.53 bits per heavy atom. The maximum Gasteiger partial charge on any atom is 0.274 e. The van der Waals surface area contributed by atoms with E-state index in [-0.39, 0.29) is 5.56 Å². The molecule has 1 heterocycles. The number of hydrogen-bond acceptors (Lipinski definition) is 1. The third-order valence-corrected chi connectivity index (χ3v) is 3.06. The van der Waals surface area contributed by atoms with E-state index in [9.17, 15) is 4.79 Å². The molecule has 0 bridgehead atoms. The summed E-state index contributed by atoms with van der Waals surface area (Å²) in [6.07, 6.45) is 0. The second kappa shape index (κ2) is 3.70. The van der Waals surface area contributed by atoms with E-state index in [2.05, 4.69) is 21.0 Å². The van der Waals surface area contributed by atoms with Gasteiger partial charge in [0.15, 0.2) is 0 Å². The molecular formula is C11H11BrN2O. The Kier molecular flexibility index (Phi) is 2.52. The molecule has 1 aromatic carbocycles. The Balaban J connectivity index is 2.75. The van der Waals surface area contributed by atoms with Crippen molar-refractivity contribution in [3.63, 3.8) is 0 Å². The predicted octanol–water partition coefficient (Wildman–Crippen LogP) is 2.45. The number of rotatable bonds is 1. The summed E-state index contributed by atoms with van der Waals surface area (Å²) in [5.74, 6) is 0. The van der Waals surface area contributed by atoms with Crippen LogP contribution in [0.25, 0.3) is 11.1 Å². The van der Waals surface area contributed by atoms with Crippen LogP contribution < -0.4 is 5.56 Å². The van der Waals surface area contributed by atoms with Gasteiger partial charge >= 0.3 is 0 Å². The van der Waals surface area contributed by atoms with E-state index < -0.39 is 0 Å². The van der Waals surface area contributed by atoms with Crippen molar-refractivity contribution in [2.24, 2.45) is 7.05 Å². The first-order valence-corrected chi connectivity index (χ1v) is 5.41. The molecule has 0 saturated carbocycles.